The van der Waals surface area contributed by atoms with Gasteiger partial charge in [0.2, 0.25) is 5.91 Å². The number of aromatic amines is 1. The summed E-state index contributed by atoms with van der Waals surface area (Å²) >= 11 is 0. The largest absolute Gasteiger partial charge is 0.378 e. The van der Waals surface area contributed by atoms with E-state index < -0.39 is 0 Å². The van der Waals surface area contributed by atoms with Crippen LogP contribution < -0.4 is 10.8 Å². The Morgan fingerprint density at radius 3 is 2.50 bits per heavy atom. The first-order valence-corrected chi connectivity index (χ1v) is 14.5. The molecule has 1 saturated carbocycles. The van der Waals surface area contributed by atoms with Crippen LogP contribution in [0.1, 0.15) is 73.8 Å². The van der Waals surface area contributed by atoms with E-state index in [-0.39, 0.29) is 11.8 Å². The van der Waals surface area contributed by atoms with Crippen LogP contribution in [0.3, 0.4) is 0 Å². The second-order valence-corrected chi connectivity index (χ2v) is 11.6. The summed E-state index contributed by atoms with van der Waals surface area (Å²) in [6.45, 7) is 14.3. The van der Waals surface area contributed by atoms with Crippen LogP contribution in [0.4, 0.5) is 0 Å². The Balaban J connectivity index is 1.45. The van der Waals surface area contributed by atoms with Crippen LogP contribution in [0.15, 0.2) is 28.4 Å². The second-order valence-electron chi connectivity index (χ2n) is 11.6. The molecule has 9 heteroatoms. The van der Waals surface area contributed by atoms with Crippen LogP contribution >= 0.6 is 0 Å². The predicted molar refractivity (Wildman–Crippen MR) is 160 cm³/mol. The first kappa shape index (κ1) is 28.2. The number of carbonyl (C=O) groups excluding carboxylic acids is 1. The van der Waals surface area contributed by atoms with Crippen molar-refractivity contribution in [3.05, 3.63) is 46.2 Å². The average Bonchev–Trinajstić information content (AvgIpc) is 3.31. The van der Waals surface area contributed by atoms with Crippen molar-refractivity contribution in [1.82, 2.24) is 24.9 Å². The van der Waals surface area contributed by atoms with Crippen molar-refractivity contribution in [3.63, 3.8) is 0 Å². The standard InChI is InChI=1S/C31H43N7O2/c1-18(2)28-29(24-14-38(34-7)31(33-6)20(4)19(24)3)36-26-13-12-25(35-30(26)28)21-8-10-22(11-9-21)37(15-27(39)32-5)23-16-40-17-23/h12-14,18,21-23,36H,7-11,15-17H2,1-6H3,(H,32,39). The number of rotatable bonds is 8. The number of nitrogens with zero attached hydrogens (tertiary/aromatic N) is 5. The summed E-state index contributed by atoms with van der Waals surface area (Å²) in [5.41, 5.74) is 9.76. The van der Waals surface area contributed by atoms with Crippen molar-refractivity contribution in [3.8, 4) is 11.3 Å². The normalized spacial score (nSPS) is 20.4. The van der Waals surface area contributed by atoms with Crippen molar-refractivity contribution in [2.75, 3.05) is 33.9 Å². The van der Waals surface area contributed by atoms with Gasteiger partial charge < -0.3 is 15.0 Å². The van der Waals surface area contributed by atoms with Crippen LogP contribution in [0.5, 0.6) is 0 Å². The summed E-state index contributed by atoms with van der Waals surface area (Å²) in [5, 5.41) is 6.99. The summed E-state index contributed by atoms with van der Waals surface area (Å²) < 4.78 is 7.21. The minimum absolute atomic E-state index is 0.0733. The number of aromatic nitrogens is 3. The highest BCUT2D eigenvalue weighted by Gasteiger charge is 2.35. The van der Waals surface area contributed by atoms with Gasteiger partial charge in [0, 0.05) is 55.8 Å². The van der Waals surface area contributed by atoms with E-state index in [1.165, 1.54) is 16.8 Å². The zero-order chi connectivity index (χ0) is 28.6. The van der Waals surface area contributed by atoms with E-state index in [4.69, 9.17) is 9.72 Å². The molecular weight excluding hydrogens is 502 g/mol. The molecule has 1 saturated heterocycles. The minimum Gasteiger partial charge on any atom is -0.378 e. The number of hydrogen-bond donors (Lipinski definition) is 2. The van der Waals surface area contributed by atoms with Crippen LogP contribution in [0.25, 0.3) is 22.3 Å². The molecule has 1 aliphatic carbocycles. The zero-order valence-corrected chi connectivity index (χ0v) is 24.8. The maximum atomic E-state index is 12.2. The van der Waals surface area contributed by atoms with Crippen molar-refractivity contribution in [2.45, 2.75) is 77.3 Å². The molecule has 0 radical (unpaired) electrons. The molecule has 2 fully saturated rings. The smallest absolute Gasteiger partial charge is 0.233 e. The minimum atomic E-state index is 0.0733. The molecule has 0 aromatic carbocycles. The highest BCUT2D eigenvalue weighted by molar-refractivity contribution is 5.89. The number of amides is 1. The molecule has 0 bridgehead atoms. The van der Waals surface area contributed by atoms with Crippen molar-refractivity contribution >= 4 is 23.7 Å². The van der Waals surface area contributed by atoms with Gasteiger partial charge in [-0.3, -0.25) is 19.7 Å². The summed E-state index contributed by atoms with van der Waals surface area (Å²) in [6.07, 6.45) is 6.29. The van der Waals surface area contributed by atoms with E-state index in [2.05, 4.69) is 71.8 Å². The zero-order valence-electron chi connectivity index (χ0n) is 24.8. The Kier molecular flexibility index (Phi) is 8.24. The molecule has 1 amide bonds. The van der Waals surface area contributed by atoms with E-state index in [9.17, 15) is 4.79 Å². The first-order chi connectivity index (χ1) is 19.3. The third kappa shape index (κ3) is 5.12. The molecule has 5 rings (SSSR count). The van der Waals surface area contributed by atoms with Gasteiger partial charge in [0.15, 0.2) is 5.49 Å². The van der Waals surface area contributed by atoms with Crippen LogP contribution in [-0.4, -0.2) is 78.1 Å². The summed E-state index contributed by atoms with van der Waals surface area (Å²) in [5.74, 6) is 0.773. The molecule has 40 heavy (non-hydrogen) atoms. The van der Waals surface area contributed by atoms with E-state index >= 15 is 0 Å². The molecule has 214 valence electrons. The third-order valence-corrected chi connectivity index (χ3v) is 8.96. The molecule has 9 nitrogen and oxygen atoms in total. The maximum absolute atomic E-state index is 12.2. The van der Waals surface area contributed by atoms with E-state index in [0.29, 0.717) is 24.5 Å². The fourth-order valence-corrected chi connectivity index (χ4v) is 6.47. The highest BCUT2D eigenvalue weighted by atomic mass is 16.5. The molecule has 1 aliphatic heterocycles. The quantitative estimate of drug-likeness (QED) is 0.414. The number of nitrogens with one attached hydrogen (secondary N) is 2. The van der Waals surface area contributed by atoms with Crippen molar-refractivity contribution in [1.29, 1.82) is 0 Å². The fraction of sp³-hybridized carbons (Fsp3) is 0.548. The molecule has 4 heterocycles. The van der Waals surface area contributed by atoms with Crippen LogP contribution in [0.2, 0.25) is 0 Å². The topological polar surface area (TPSA) is 99.9 Å². The van der Waals surface area contributed by atoms with Crippen LogP contribution in [0, 0.1) is 13.8 Å². The molecule has 0 atom stereocenters. The fourth-order valence-electron chi connectivity index (χ4n) is 6.47. The Morgan fingerprint density at radius 2 is 1.93 bits per heavy atom. The molecule has 2 aliphatic rings. The number of likely N-dealkylation sites (N-methyl/N-ethyl adjacent to an activating group) is 1. The van der Waals surface area contributed by atoms with Gasteiger partial charge in [0.05, 0.1) is 42.5 Å². The number of H-pyrrole nitrogens is 1. The Bertz CT molecular complexity index is 1470. The number of hydrogen-bond acceptors (Lipinski definition) is 6. The highest BCUT2D eigenvalue weighted by Crippen LogP contribution is 2.39. The lowest BCUT2D eigenvalue weighted by Gasteiger charge is -2.44. The summed E-state index contributed by atoms with van der Waals surface area (Å²) in [4.78, 5) is 28.0. The number of pyridine rings is 2. The van der Waals surface area contributed by atoms with E-state index in [1.54, 1.807) is 18.8 Å². The van der Waals surface area contributed by atoms with Crippen LogP contribution in [-0.2, 0) is 9.53 Å². The number of ether oxygens (including phenoxy) is 1. The van der Waals surface area contributed by atoms with E-state index in [0.717, 1.165) is 72.2 Å². The summed E-state index contributed by atoms with van der Waals surface area (Å²) in [7, 11) is 3.49. The molecular formula is C31H43N7O2. The van der Waals surface area contributed by atoms with Gasteiger partial charge in [0.1, 0.15) is 0 Å². The van der Waals surface area contributed by atoms with Gasteiger partial charge in [-0.05, 0) is 68.7 Å². The predicted octanol–water partition coefficient (Wildman–Crippen LogP) is 4.24. The molecule has 0 spiro atoms. The van der Waals surface area contributed by atoms with Gasteiger partial charge in [-0.25, -0.2) is 4.68 Å². The molecule has 2 N–H and O–H groups in total. The Hall–Kier alpha value is -3.30. The van der Waals surface area contributed by atoms with Crippen molar-refractivity contribution in [2.24, 2.45) is 10.1 Å². The summed E-state index contributed by atoms with van der Waals surface area (Å²) in [6, 6.07) is 5.15. The lowest BCUT2D eigenvalue weighted by atomic mass is 9.82. The van der Waals surface area contributed by atoms with E-state index in [1.807, 2.05) is 6.20 Å². The van der Waals surface area contributed by atoms with Gasteiger partial charge in [-0.2, -0.15) is 5.10 Å². The van der Waals surface area contributed by atoms with Crippen molar-refractivity contribution < 1.29 is 9.53 Å². The van der Waals surface area contributed by atoms with Gasteiger partial charge in [-0.15, -0.1) is 0 Å². The average molecular weight is 546 g/mol. The Morgan fingerprint density at radius 1 is 1.20 bits per heavy atom. The lowest BCUT2D eigenvalue weighted by Crippen LogP contribution is -2.56. The SMILES string of the molecule is C=Nn1cc(-c2[nH]c3ccc(C4CCC(N(CC(=O)NC)C5COC5)CC4)nc3c2C(C)C)c(C)c(C)c1=NC. The number of fused-ring (bicyclic) bond motifs is 1. The maximum Gasteiger partial charge on any atom is 0.233 e. The number of carbonyl (C=O) groups is 1. The molecule has 3 aromatic heterocycles. The molecule has 0 unspecified atom stereocenters. The monoisotopic (exact) mass is 545 g/mol. The Labute approximate surface area is 236 Å². The first-order valence-electron chi connectivity index (χ1n) is 14.5. The van der Waals surface area contributed by atoms with Gasteiger partial charge >= 0.3 is 0 Å². The second kappa shape index (κ2) is 11.7. The van der Waals surface area contributed by atoms with Gasteiger partial charge in [-0.1, -0.05) is 13.8 Å². The third-order valence-electron chi connectivity index (χ3n) is 8.96. The van der Waals surface area contributed by atoms with Gasteiger partial charge in [0.25, 0.3) is 0 Å². The molecule has 3 aromatic rings. The lowest BCUT2D eigenvalue weighted by molar-refractivity contribution is -0.129.